The SMILES string of the molecule is COC(=O)c1ccc(C(=O)NCc2nnc(-c3ccccc3OC)o2)cc1. The number of ether oxygens (including phenoxy) is 2. The number of carbonyl (C=O) groups excluding carboxylic acids is 2. The molecule has 0 unspecified atom stereocenters. The number of rotatable bonds is 6. The minimum atomic E-state index is -0.461. The van der Waals surface area contributed by atoms with E-state index in [1.165, 1.54) is 31.4 Å². The Morgan fingerprint density at radius 1 is 1.00 bits per heavy atom. The first-order valence-corrected chi connectivity index (χ1v) is 8.04. The van der Waals surface area contributed by atoms with Gasteiger partial charge in [0.25, 0.3) is 11.8 Å². The molecule has 0 aliphatic rings. The van der Waals surface area contributed by atoms with E-state index in [2.05, 4.69) is 20.3 Å². The highest BCUT2D eigenvalue weighted by Gasteiger charge is 2.14. The van der Waals surface area contributed by atoms with Gasteiger partial charge in [-0.05, 0) is 36.4 Å². The zero-order chi connectivity index (χ0) is 19.2. The van der Waals surface area contributed by atoms with E-state index in [-0.39, 0.29) is 18.3 Å². The third-order valence-electron chi connectivity index (χ3n) is 3.77. The Bertz CT molecular complexity index is 950. The second-order valence-corrected chi connectivity index (χ2v) is 5.45. The minimum absolute atomic E-state index is 0.0692. The van der Waals surface area contributed by atoms with Gasteiger partial charge in [-0.15, -0.1) is 10.2 Å². The summed E-state index contributed by atoms with van der Waals surface area (Å²) in [4.78, 5) is 23.6. The zero-order valence-electron chi connectivity index (χ0n) is 14.8. The average molecular weight is 367 g/mol. The second kappa shape index (κ2) is 8.13. The largest absolute Gasteiger partial charge is 0.496 e. The van der Waals surface area contributed by atoms with Crippen LogP contribution in [0.4, 0.5) is 0 Å². The molecular weight excluding hydrogens is 350 g/mol. The van der Waals surface area contributed by atoms with Crippen molar-refractivity contribution < 1.29 is 23.5 Å². The summed E-state index contributed by atoms with van der Waals surface area (Å²) < 4.78 is 15.5. The molecule has 0 saturated carbocycles. The van der Waals surface area contributed by atoms with Crippen molar-refractivity contribution in [3.05, 3.63) is 65.5 Å². The van der Waals surface area contributed by atoms with E-state index in [0.717, 1.165) is 0 Å². The number of esters is 1. The summed E-state index contributed by atoms with van der Waals surface area (Å²) >= 11 is 0. The molecule has 0 atom stereocenters. The Morgan fingerprint density at radius 3 is 2.41 bits per heavy atom. The highest BCUT2D eigenvalue weighted by Crippen LogP contribution is 2.28. The number of nitrogens with zero attached hydrogens (tertiary/aromatic N) is 2. The van der Waals surface area contributed by atoms with Gasteiger partial charge in [-0.25, -0.2) is 4.79 Å². The van der Waals surface area contributed by atoms with E-state index in [9.17, 15) is 9.59 Å². The maximum absolute atomic E-state index is 12.2. The van der Waals surface area contributed by atoms with Gasteiger partial charge in [0.2, 0.25) is 5.89 Å². The lowest BCUT2D eigenvalue weighted by Crippen LogP contribution is -2.23. The number of benzene rings is 2. The molecule has 0 bridgehead atoms. The summed E-state index contributed by atoms with van der Waals surface area (Å²) in [6.07, 6.45) is 0. The van der Waals surface area contributed by atoms with Gasteiger partial charge in [-0.2, -0.15) is 0 Å². The van der Waals surface area contributed by atoms with Gasteiger partial charge in [0.15, 0.2) is 0 Å². The van der Waals surface area contributed by atoms with Gasteiger partial charge in [-0.1, -0.05) is 12.1 Å². The van der Waals surface area contributed by atoms with Crippen molar-refractivity contribution in [2.75, 3.05) is 14.2 Å². The van der Waals surface area contributed by atoms with E-state index in [4.69, 9.17) is 9.15 Å². The molecule has 3 aromatic rings. The number of nitrogens with one attached hydrogen (secondary N) is 1. The Balaban J connectivity index is 1.64. The number of carbonyl (C=O) groups is 2. The van der Waals surface area contributed by atoms with Gasteiger partial charge < -0.3 is 19.2 Å². The molecule has 1 N–H and O–H groups in total. The van der Waals surface area contributed by atoms with Crippen LogP contribution < -0.4 is 10.1 Å². The van der Waals surface area contributed by atoms with Crippen LogP contribution in [0.15, 0.2) is 52.9 Å². The molecule has 8 nitrogen and oxygen atoms in total. The van der Waals surface area contributed by atoms with E-state index < -0.39 is 5.97 Å². The molecule has 1 heterocycles. The van der Waals surface area contributed by atoms with Gasteiger partial charge in [0.1, 0.15) is 5.75 Å². The fourth-order valence-electron chi connectivity index (χ4n) is 2.39. The fourth-order valence-corrected chi connectivity index (χ4v) is 2.39. The van der Waals surface area contributed by atoms with Crippen LogP contribution in [0.25, 0.3) is 11.5 Å². The maximum Gasteiger partial charge on any atom is 0.337 e. The first kappa shape index (κ1) is 18.1. The Labute approximate surface area is 155 Å². The number of methoxy groups -OCH3 is 2. The Morgan fingerprint density at radius 2 is 1.70 bits per heavy atom. The fraction of sp³-hybridized carbons (Fsp3) is 0.158. The number of para-hydroxylation sites is 1. The molecule has 0 radical (unpaired) electrons. The lowest BCUT2D eigenvalue weighted by Gasteiger charge is -2.04. The predicted molar refractivity (Wildman–Crippen MR) is 95.2 cm³/mol. The predicted octanol–water partition coefficient (Wildman–Crippen LogP) is 2.46. The average Bonchev–Trinajstić information content (AvgIpc) is 3.20. The van der Waals surface area contributed by atoms with Crippen molar-refractivity contribution in [1.82, 2.24) is 15.5 Å². The van der Waals surface area contributed by atoms with Crippen LogP contribution in [0.5, 0.6) is 5.75 Å². The van der Waals surface area contributed by atoms with Crippen molar-refractivity contribution in [3.8, 4) is 17.2 Å². The van der Waals surface area contributed by atoms with Gasteiger partial charge in [0, 0.05) is 5.56 Å². The van der Waals surface area contributed by atoms with Gasteiger partial charge in [0.05, 0.1) is 31.9 Å². The summed E-state index contributed by atoms with van der Waals surface area (Å²) in [5.74, 6) is 0.386. The Hall–Kier alpha value is -3.68. The van der Waals surface area contributed by atoms with Gasteiger partial charge in [-0.3, -0.25) is 4.79 Å². The third kappa shape index (κ3) is 4.12. The molecule has 138 valence electrons. The molecule has 2 aromatic carbocycles. The Kier molecular flexibility index (Phi) is 5.46. The first-order chi connectivity index (χ1) is 13.1. The van der Waals surface area contributed by atoms with Crippen LogP contribution in [0, 0.1) is 0 Å². The van der Waals surface area contributed by atoms with Crippen LogP contribution in [0.2, 0.25) is 0 Å². The summed E-state index contributed by atoms with van der Waals surface area (Å²) in [6, 6.07) is 13.4. The molecule has 3 rings (SSSR count). The first-order valence-electron chi connectivity index (χ1n) is 8.04. The summed E-state index contributed by atoms with van der Waals surface area (Å²) in [6.45, 7) is 0.0692. The van der Waals surface area contributed by atoms with Crippen LogP contribution in [-0.4, -0.2) is 36.3 Å². The molecule has 0 aliphatic carbocycles. The van der Waals surface area contributed by atoms with Crippen molar-refractivity contribution >= 4 is 11.9 Å². The molecule has 0 aliphatic heterocycles. The summed E-state index contributed by atoms with van der Waals surface area (Å²) in [5.41, 5.74) is 1.43. The van der Waals surface area contributed by atoms with Crippen molar-refractivity contribution in [2.24, 2.45) is 0 Å². The zero-order valence-corrected chi connectivity index (χ0v) is 14.8. The number of hydrogen-bond acceptors (Lipinski definition) is 7. The molecule has 0 spiro atoms. The number of amides is 1. The smallest absolute Gasteiger partial charge is 0.337 e. The highest BCUT2D eigenvalue weighted by atomic mass is 16.5. The molecule has 0 fully saturated rings. The molecule has 1 aromatic heterocycles. The van der Waals surface area contributed by atoms with Crippen LogP contribution in [0.1, 0.15) is 26.6 Å². The lowest BCUT2D eigenvalue weighted by molar-refractivity contribution is 0.0600. The number of aromatic nitrogens is 2. The summed E-state index contributed by atoms with van der Waals surface area (Å²) in [7, 11) is 2.86. The van der Waals surface area contributed by atoms with Crippen LogP contribution in [-0.2, 0) is 11.3 Å². The van der Waals surface area contributed by atoms with Crippen molar-refractivity contribution in [1.29, 1.82) is 0 Å². The molecule has 1 amide bonds. The van der Waals surface area contributed by atoms with Crippen molar-refractivity contribution in [3.63, 3.8) is 0 Å². The van der Waals surface area contributed by atoms with Crippen molar-refractivity contribution in [2.45, 2.75) is 6.54 Å². The standard InChI is InChI=1S/C19H17N3O5/c1-25-15-6-4-3-5-14(15)18-22-21-16(27-18)11-20-17(23)12-7-9-13(10-8-12)19(24)26-2/h3-10H,11H2,1-2H3,(H,20,23). The van der Waals surface area contributed by atoms with E-state index >= 15 is 0 Å². The topological polar surface area (TPSA) is 104 Å². The quantitative estimate of drug-likeness (QED) is 0.667. The monoisotopic (exact) mass is 367 g/mol. The molecular formula is C19H17N3O5. The van der Waals surface area contributed by atoms with Crippen LogP contribution in [0.3, 0.4) is 0 Å². The normalized spacial score (nSPS) is 10.3. The summed E-state index contributed by atoms with van der Waals surface area (Å²) in [5, 5.41) is 10.6. The molecule has 27 heavy (non-hydrogen) atoms. The number of hydrogen-bond donors (Lipinski definition) is 1. The van der Waals surface area contributed by atoms with E-state index in [1.807, 2.05) is 12.1 Å². The van der Waals surface area contributed by atoms with E-state index in [1.54, 1.807) is 19.2 Å². The second-order valence-electron chi connectivity index (χ2n) is 5.45. The molecule has 8 heteroatoms. The lowest BCUT2D eigenvalue weighted by atomic mass is 10.1. The maximum atomic E-state index is 12.2. The third-order valence-corrected chi connectivity index (χ3v) is 3.77. The van der Waals surface area contributed by atoms with Gasteiger partial charge >= 0.3 is 5.97 Å². The molecule has 0 saturated heterocycles. The van der Waals surface area contributed by atoms with Crippen LogP contribution >= 0.6 is 0 Å². The van der Waals surface area contributed by atoms with E-state index in [0.29, 0.717) is 28.3 Å². The minimum Gasteiger partial charge on any atom is -0.496 e. The highest BCUT2D eigenvalue weighted by molar-refractivity contribution is 5.96.